The summed E-state index contributed by atoms with van der Waals surface area (Å²) in [5.41, 5.74) is 1.75. The topological polar surface area (TPSA) is 43.4 Å². The highest BCUT2D eigenvalue weighted by molar-refractivity contribution is 5.46. The fraction of sp³-hybridized carbons (Fsp3) is 0.267. The Morgan fingerprint density at radius 3 is 2.65 bits per heavy atom. The highest BCUT2D eigenvalue weighted by Crippen LogP contribution is 2.33. The Bertz CT molecular complexity index is 601. The average molecular weight is 274 g/mol. The van der Waals surface area contributed by atoms with Crippen molar-refractivity contribution in [3.05, 3.63) is 53.6 Å². The van der Waals surface area contributed by atoms with Crippen LogP contribution in [-0.4, -0.2) is 25.2 Å². The molecule has 0 saturated heterocycles. The molecule has 0 bridgehead atoms. The van der Waals surface area contributed by atoms with Crippen molar-refractivity contribution >= 4 is 0 Å². The van der Waals surface area contributed by atoms with Crippen LogP contribution in [0.2, 0.25) is 0 Å². The van der Waals surface area contributed by atoms with E-state index in [1.807, 2.05) is 25.2 Å². The van der Waals surface area contributed by atoms with Crippen molar-refractivity contribution in [3.63, 3.8) is 0 Å². The molecule has 0 amide bonds. The summed E-state index contributed by atoms with van der Waals surface area (Å²) in [5.74, 6) is 1.14. The number of nitrogens with zero attached hydrogens (tertiary/aromatic N) is 1. The van der Waals surface area contributed by atoms with Crippen molar-refractivity contribution in [2.24, 2.45) is 0 Å². The van der Waals surface area contributed by atoms with E-state index in [4.69, 9.17) is 9.47 Å². The first-order valence-electron chi connectivity index (χ1n) is 6.46. The fourth-order valence-electron chi connectivity index (χ4n) is 2.28. The molecule has 1 atom stereocenters. The number of ether oxygens (including phenoxy) is 2. The van der Waals surface area contributed by atoms with Crippen LogP contribution in [-0.2, 0) is 0 Å². The van der Waals surface area contributed by atoms with Crippen LogP contribution >= 0.6 is 0 Å². The maximum absolute atomic E-state index is 13.0. The molecule has 1 aliphatic rings. The third kappa shape index (κ3) is 2.44. The smallest absolute Gasteiger partial charge is 0.161 e. The minimum absolute atomic E-state index is 0.119. The van der Waals surface area contributed by atoms with Gasteiger partial charge in [-0.25, -0.2) is 4.39 Å². The van der Waals surface area contributed by atoms with Gasteiger partial charge in [0.05, 0.1) is 17.9 Å². The molecule has 1 aromatic carbocycles. The summed E-state index contributed by atoms with van der Waals surface area (Å²) in [4.78, 5) is 4.13. The number of rotatable bonds is 3. The standard InChI is InChI=1S/C15H15FN2O2/c1-17-15(12-4-3-11(16)9-18-12)10-2-5-13-14(8-10)20-7-6-19-13/h2-5,8-9,15,17H,6-7H2,1H3. The fourth-order valence-corrected chi connectivity index (χ4v) is 2.28. The van der Waals surface area contributed by atoms with Crippen molar-refractivity contribution in [2.75, 3.05) is 20.3 Å². The van der Waals surface area contributed by atoms with E-state index in [0.29, 0.717) is 13.2 Å². The number of hydrogen-bond acceptors (Lipinski definition) is 4. The number of aromatic nitrogens is 1. The second-order valence-electron chi connectivity index (χ2n) is 4.53. The molecule has 2 heterocycles. The summed E-state index contributed by atoms with van der Waals surface area (Å²) in [6, 6.07) is 8.74. The van der Waals surface area contributed by atoms with Gasteiger partial charge in [-0.1, -0.05) is 6.07 Å². The van der Waals surface area contributed by atoms with Crippen molar-refractivity contribution in [1.29, 1.82) is 0 Å². The van der Waals surface area contributed by atoms with Crippen LogP contribution in [0.3, 0.4) is 0 Å². The van der Waals surface area contributed by atoms with Gasteiger partial charge in [0.2, 0.25) is 0 Å². The largest absolute Gasteiger partial charge is 0.486 e. The number of nitrogens with one attached hydrogen (secondary N) is 1. The minimum Gasteiger partial charge on any atom is -0.486 e. The third-order valence-electron chi connectivity index (χ3n) is 3.23. The van der Waals surface area contributed by atoms with E-state index in [9.17, 15) is 4.39 Å². The summed E-state index contributed by atoms with van der Waals surface area (Å²) >= 11 is 0. The number of halogens is 1. The van der Waals surface area contributed by atoms with Gasteiger partial charge in [-0.3, -0.25) is 4.98 Å². The molecule has 0 radical (unpaired) electrons. The average Bonchev–Trinajstić information content (AvgIpc) is 2.50. The SMILES string of the molecule is CNC(c1ccc2c(c1)OCCO2)c1ccc(F)cn1. The highest BCUT2D eigenvalue weighted by atomic mass is 19.1. The van der Waals surface area contributed by atoms with E-state index in [1.165, 1.54) is 12.3 Å². The first kappa shape index (κ1) is 12.9. The lowest BCUT2D eigenvalue weighted by Crippen LogP contribution is -2.20. The van der Waals surface area contributed by atoms with Crippen molar-refractivity contribution < 1.29 is 13.9 Å². The van der Waals surface area contributed by atoms with Gasteiger partial charge >= 0.3 is 0 Å². The van der Waals surface area contributed by atoms with Crippen LogP contribution in [0.25, 0.3) is 0 Å². The highest BCUT2D eigenvalue weighted by Gasteiger charge is 2.18. The lowest BCUT2D eigenvalue weighted by Gasteiger charge is -2.21. The van der Waals surface area contributed by atoms with E-state index in [0.717, 1.165) is 22.8 Å². The van der Waals surface area contributed by atoms with E-state index in [2.05, 4.69) is 10.3 Å². The predicted molar refractivity (Wildman–Crippen MR) is 72.5 cm³/mol. The number of hydrogen-bond donors (Lipinski definition) is 1. The van der Waals surface area contributed by atoms with Crippen LogP contribution in [0, 0.1) is 5.82 Å². The molecule has 1 N–H and O–H groups in total. The zero-order chi connectivity index (χ0) is 13.9. The first-order chi connectivity index (χ1) is 9.78. The molecular formula is C15H15FN2O2. The molecule has 1 aromatic heterocycles. The molecule has 3 rings (SSSR count). The molecule has 0 aliphatic carbocycles. The second kappa shape index (κ2) is 5.46. The van der Waals surface area contributed by atoms with E-state index >= 15 is 0 Å². The molecular weight excluding hydrogens is 259 g/mol. The first-order valence-corrected chi connectivity index (χ1v) is 6.46. The lowest BCUT2D eigenvalue weighted by atomic mass is 10.0. The monoisotopic (exact) mass is 274 g/mol. The Labute approximate surface area is 116 Å². The Balaban J connectivity index is 1.94. The van der Waals surface area contributed by atoms with Gasteiger partial charge in [0, 0.05) is 0 Å². The summed E-state index contributed by atoms with van der Waals surface area (Å²) in [6.45, 7) is 1.12. The maximum Gasteiger partial charge on any atom is 0.161 e. The molecule has 20 heavy (non-hydrogen) atoms. The molecule has 1 aliphatic heterocycles. The third-order valence-corrected chi connectivity index (χ3v) is 3.23. The van der Waals surface area contributed by atoms with Crippen LogP contribution in [0.5, 0.6) is 11.5 Å². The molecule has 2 aromatic rings. The van der Waals surface area contributed by atoms with Gasteiger partial charge in [0.15, 0.2) is 11.5 Å². The summed E-state index contributed by atoms with van der Waals surface area (Å²) in [6.07, 6.45) is 1.22. The molecule has 0 fully saturated rings. The quantitative estimate of drug-likeness (QED) is 0.932. The van der Waals surface area contributed by atoms with E-state index in [1.54, 1.807) is 6.07 Å². The van der Waals surface area contributed by atoms with Crippen LogP contribution in [0.15, 0.2) is 36.5 Å². The van der Waals surface area contributed by atoms with Crippen molar-refractivity contribution in [3.8, 4) is 11.5 Å². The molecule has 0 spiro atoms. The number of pyridine rings is 1. The Hall–Kier alpha value is -2.14. The maximum atomic E-state index is 13.0. The Morgan fingerprint density at radius 2 is 1.95 bits per heavy atom. The number of benzene rings is 1. The van der Waals surface area contributed by atoms with E-state index < -0.39 is 0 Å². The van der Waals surface area contributed by atoms with E-state index in [-0.39, 0.29) is 11.9 Å². The Morgan fingerprint density at radius 1 is 1.15 bits per heavy atom. The zero-order valence-electron chi connectivity index (χ0n) is 11.1. The Kier molecular flexibility index (Phi) is 3.52. The molecule has 0 saturated carbocycles. The van der Waals surface area contributed by atoms with Crippen LogP contribution in [0.4, 0.5) is 4.39 Å². The molecule has 104 valence electrons. The lowest BCUT2D eigenvalue weighted by molar-refractivity contribution is 0.171. The number of fused-ring (bicyclic) bond motifs is 1. The second-order valence-corrected chi connectivity index (χ2v) is 4.53. The molecule has 1 unspecified atom stereocenters. The zero-order valence-corrected chi connectivity index (χ0v) is 11.1. The van der Waals surface area contributed by atoms with Gasteiger partial charge in [0.25, 0.3) is 0 Å². The van der Waals surface area contributed by atoms with Gasteiger partial charge < -0.3 is 14.8 Å². The summed E-state index contributed by atoms with van der Waals surface area (Å²) < 4.78 is 24.0. The molecule has 5 heteroatoms. The normalized spacial score (nSPS) is 14.9. The van der Waals surface area contributed by atoms with Crippen LogP contribution in [0.1, 0.15) is 17.3 Å². The minimum atomic E-state index is -0.342. The van der Waals surface area contributed by atoms with Gasteiger partial charge in [0.1, 0.15) is 19.0 Å². The predicted octanol–water partition coefficient (Wildman–Crippen LogP) is 2.30. The van der Waals surface area contributed by atoms with Crippen molar-refractivity contribution in [1.82, 2.24) is 10.3 Å². The molecule has 4 nitrogen and oxygen atoms in total. The van der Waals surface area contributed by atoms with Gasteiger partial charge in [-0.15, -0.1) is 0 Å². The van der Waals surface area contributed by atoms with Gasteiger partial charge in [-0.05, 0) is 36.9 Å². The van der Waals surface area contributed by atoms with Gasteiger partial charge in [-0.2, -0.15) is 0 Å². The summed E-state index contributed by atoms with van der Waals surface area (Å²) in [7, 11) is 1.84. The van der Waals surface area contributed by atoms with Crippen LogP contribution < -0.4 is 14.8 Å². The van der Waals surface area contributed by atoms with Crippen molar-refractivity contribution in [2.45, 2.75) is 6.04 Å². The summed E-state index contributed by atoms with van der Waals surface area (Å²) in [5, 5.41) is 3.18.